The zero-order chi connectivity index (χ0) is 19.4. The van der Waals surface area contributed by atoms with Crippen LogP contribution in [0.4, 0.5) is 0 Å². The number of phenolic OH excluding ortho intramolecular Hbond substituents is 1. The molecule has 0 aliphatic heterocycles. The molecule has 0 aliphatic carbocycles. The Morgan fingerprint density at radius 2 is 2.00 bits per heavy atom. The van der Waals surface area contributed by atoms with E-state index in [1.54, 1.807) is 48.6 Å². The number of aliphatic carboxylic acids is 1. The number of aromatic nitrogens is 2. The number of methoxy groups -OCH3 is 1. The monoisotopic (exact) mass is 366 g/mol. The molecule has 0 saturated carbocycles. The van der Waals surface area contributed by atoms with E-state index in [1.165, 1.54) is 17.7 Å². The van der Waals surface area contributed by atoms with Crippen LogP contribution in [0.15, 0.2) is 47.3 Å². The molecule has 0 fully saturated rings. The fraction of sp³-hybridized carbons (Fsp3) is 0.150. The Morgan fingerprint density at radius 1 is 1.22 bits per heavy atom. The number of carbonyl (C=O) groups is 1. The number of hydrogen-bond donors (Lipinski definition) is 2. The van der Waals surface area contributed by atoms with Crippen LogP contribution in [-0.2, 0) is 11.3 Å². The van der Waals surface area contributed by atoms with E-state index >= 15 is 0 Å². The highest BCUT2D eigenvalue weighted by atomic mass is 16.5. The van der Waals surface area contributed by atoms with E-state index in [-0.39, 0.29) is 24.3 Å². The summed E-state index contributed by atoms with van der Waals surface area (Å²) in [6.07, 6.45) is 3.12. The average molecular weight is 366 g/mol. The van der Waals surface area contributed by atoms with E-state index in [2.05, 4.69) is 4.98 Å². The van der Waals surface area contributed by atoms with Crippen LogP contribution < -0.4 is 10.3 Å². The second-order valence-corrected chi connectivity index (χ2v) is 5.85. The number of aromatic hydroxyl groups is 1. The predicted octanol–water partition coefficient (Wildman–Crippen LogP) is 2.76. The molecule has 7 heteroatoms. The average Bonchev–Trinajstić information content (AvgIpc) is 2.65. The van der Waals surface area contributed by atoms with Gasteiger partial charge < -0.3 is 14.9 Å². The zero-order valence-corrected chi connectivity index (χ0v) is 14.6. The maximum atomic E-state index is 12.8. The third-order valence-electron chi connectivity index (χ3n) is 4.07. The SMILES string of the molecule is COc1ccc(/C=C\c2nc3ccccc3c(=O)n2CCC(=O)O)cc1O. The van der Waals surface area contributed by atoms with Crippen LogP contribution in [0.25, 0.3) is 23.1 Å². The van der Waals surface area contributed by atoms with Gasteiger partial charge in [-0.05, 0) is 35.9 Å². The Labute approximate surface area is 154 Å². The van der Waals surface area contributed by atoms with Crippen molar-refractivity contribution in [2.75, 3.05) is 7.11 Å². The molecular formula is C20H18N2O5. The summed E-state index contributed by atoms with van der Waals surface area (Å²) in [6, 6.07) is 11.8. The summed E-state index contributed by atoms with van der Waals surface area (Å²) in [4.78, 5) is 28.2. The van der Waals surface area contributed by atoms with Crippen molar-refractivity contribution < 1.29 is 19.7 Å². The van der Waals surface area contributed by atoms with Gasteiger partial charge in [-0.15, -0.1) is 0 Å². The lowest BCUT2D eigenvalue weighted by Crippen LogP contribution is -2.25. The van der Waals surface area contributed by atoms with Crippen molar-refractivity contribution in [2.24, 2.45) is 0 Å². The van der Waals surface area contributed by atoms with Crippen molar-refractivity contribution in [3.63, 3.8) is 0 Å². The van der Waals surface area contributed by atoms with Crippen LogP contribution >= 0.6 is 0 Å². The van der Waals surface area contributed by atoms with Gasteiger partial charge in [0, 0.05) is 6.54 Å². The smallest absolute Gasteiger partial charge is 0.305 e. The summed E-state index contributed by atoms with van der Waals surface area (Å²) in [5.74, 6) is -0.302. The molecule has 1 heterocycles. The fourth-order valence-corrected chi connectivity index (χ4v) is 2.72. The number of nitrogens with zero attached hydrogens (tertiary/aromatic N) is 2. The van der Waals surface area contributed by atoms with Crippen LogP contribution in [-0.4, -0.2) is 32.8 Å². The zero-order valence-electron chi connectivity index (χ0n) is 14.6. The maximum Gasteiger partial charge on any atom is 0.305 e. The molecule has 0 bridgehead atoms. The molecule has 27 heavy (non-hydrogen) atoms. The molecule has 0 aliphatic rings. The Morgan fingerprint density at radius 3 is 2.70 bits per heavy atom. The minimum absolute atomic E-state index is 0.00520. The summed E-state index contributed by atoms with van der Waals surface area (Å²) in [5.41, 5.74) is 0.922. The minimum atomic E-state index is -0.995. The van der Waals surface area contributed by atoms with Gasteiger partial charge in [0.1, 0.15) is 5.82 Å². The molecule has 2 N–H and O–H groups in total. The number of ether oxygens (including phenoxy) is 1. The van der Waals surface area contributed by atoms with Crippen molar-refractivity contribution in [1.29, 1.82) is 0 Å². The summed E-state index contributed by atoms with van der Waals surface area (Å²) >= 11 is 0. The Balaban J connectivity index is 2.06. The van der Waals surface area contributed by atoms with E-state index in [1.807, 2.05) is 0 Å². The lowest BCUT2D eigenvalue weighted by atomic mass is 10.2. The summed E-state index contributed by atoms with van der Waals surface area (Å²) in [6.45, 7) is 0.0134. The molecule has 0 amide bonds. The highest BCUT2D eigenvalue weighted by Crippen LogP contribution is 2.27. The van der Waals surface area contributed by atoms with Crippen molar-refractivity contribution in [1.82, 2.24) is 9.55 Å². The number of benzene rings is 2. The first-order valence-corrected chi connectivity index (χ1v) is 8.26. The molecular weight excluding hydrogens is 348 g/mol. The third kappa shape index (κ3) is 3.98. The molecule has 7 nitrogen and oxygen atoms in total. The van der Waals surface area contributed by atoms with Gasteiger partial charge in [0.05, 0.1) is 24.4 Å². The van der Waals surface area contributed by atoms with Gasteiger partial charge in [-0.2, -0.15) is 0 Å². The Kier molecular flexibility index (Phi) is 5.21. The number of hydrogen-bond acceptors (Lipinski definition) is 5. The number of phenols is 1. The number of rotatable bonds is 6. The topological polar surface area (TPSA) is 102 Å². The molecule has 3 rings (SSSR count). The fourth-order valence-electron chi connectivity index (χ4n) is 2.72. The lowest BCUT2D eigenvalue weighted by molar-refractivity contribution is -0.137. The summed E-state index contributed by atoms with van der Waals surface area (Å²) < 4.78 is 6.36. The van der Waals surface area contributed by atoms with Crippen LogP contribution in [0.5, 0.6) is 11.5 Å². The first-order chi connectivity index (χ1) is 13.0. The van der Waals surface area contributed by atoms with Crippen molar-refractivity contribution >= 4 is 29.0 Å². The van der Waals surface area contributed by atoms with E-state index in [0.29, 0.717) is 28.0 Å². The first-order valence-electron chi connectivity index (χ1n) is 8.26. The Bertz CT molecular complexity index is 1090. The number of carboxylic acids is 1. The summed E-state index contributed by atoms with van der Waals surface area (Å²) in [7, 11) is 1.46. The highest BCUT2D eigenvalue weighted by molar-refractivity contribution is 5.79. The molecule has 0 atom stereocenters. The highest BCUT2D eigenvalue weighted by Gasteiger charge is 2.10. The van der Waals surface area contributed by atoms with Gasteiger partial charge in [-0.1, -0.05) is 24.3 Å². The number of para-hydroxylation sites is 1. The van der Waals surface area contributed by atoms with Crippen molar-refractivity contribution in [2.45, 2.75) is 13.0 Å². The lowest BCUT2D eigenvalue weighted by Gasteiger charge is -2.10. The summed E-state index contributed by atoms with van der Waals surface area (Å²) in [5, 5.41) is 19.3. The second kappa shape index (κ2) is 7.74. The number of carboxylic acid groups (broad SMARTS) is 1. The van der Waals surface area contributed by atoms with Crippen LogP contribution in [0, 0.1) is 0 Å². The van der Waals surface area contributed by atoms with Gasteiger partial charge in [0.25, 0.3) is 5.56 Å². The molecule has 0 unspecified atom stereocenters. The van der Waals surface area contributed by atoms with Crippen LogP contribution in [0.3, 0.4) is 0 Å². The molecule has 0 spiro atoms. The van der Waals surface area contributed by atoms with Crippen LogP contribution in [0.2, 0.25) is 0 Å². The first kappa shape index (κ1) is 18.2. The maximum absolute atomic E-state index is 12.8. The van der Waals surface area contributed by atoms with Gasteiger partial charge in [0.15, 0.2) is 11.5 Å². The van der Waals surface area contributed by atoms with E-state index in [0.717, 1.165) is 0 Å². The quantitative estimate of drug-likeness (QED) is 0.696. The van der Waals surface area contributed by atoms with E-state index < -0.39 is 5.97 Å². The molecule has 3 aromatic rings. The molecule has 0 saturated heterocycles. The number of fused-ring (bicyclic) bond motifs is 1. The molecule has 1 aromatic heterocycles. The van der Waals surface area contributed by atoms with Crippen molar-refractivity contribution in [3.8, 4) is 11.5 Å². The third-order valence-corrected chi connectivity index (χ3v) is 4.07. The van der Waals surface area contributed by atoms with Crippen molar-refractivity contribution in [3.05, 3.63) is 64.2 Å². The standard InChI is InChI=1S/C20H18N2O5/c1-27-17-8-6-13(12-16(17)23)7-9-18-21-15-5-3-2-4-14(15)20(26)22(18)11-10-19(24)25/h2-9,12,23H,10-11H2,1H3,(H,24,25)/b9-7-. The van der Waals surface area contributed by atoms with Gasteiger partial charge >= 0.3 is 5.97 Å². The molecule has 0 radical (unpaired) electrons. The predicted molar refractivity (Wildman–Crippen MR) is 102 cm³/mol. The molecule has 2 aromatic carbocycles. The minimum Gasteiger partial charge on any atom is -0.504 e. The van der Waals surface area contributed by atoms with E-state index in [4.69, 9.17) is 9.84 Å². The normalized spacial score (nSPS) is 11.1. The second-order valence-electron chi connectivity index (χ2n) is 5.85. The Hall–Kier alpha value is -3.61. The van der Waals surface area contributed by atoms with Crippen LogP contribution in [0.1, 0.15) is 17.8 Å². The van der Waals surface area contributed by atoms with Gasteiger partial charge in [-0.3, -0.25) is 14.2 Å². The molecule has 138 valence electrons. The van der Waals surface area contributed by atoms with E-state index in [9.17, 15) is 14.7 Å². The van der Waals surface area contributed by atoms with Gasteiger partial charge in [0.2, 0.25) is 0 Å². The largest absolute Gasteiger partial charge is 0.504 e. The van der Waals surface area contributed by atoms with Gasteiger partial charge in [-0.25, -0.2) is 4.98 Å².